The Labute approximate surface area is 118 Å². The van der Waals surface area contributed by atoms with Gasteiger partial charge in [0.2, 0.25) is 5.91 Å². The molecule has 0 saturated carbocycles. The summed E-state index contributed by atoms with van der Waals surface area (Å²) < 4.78 is 10.5. The molecule has 1 aromatic carbocycles. The monoisotopic (exact) mass is 271 g/mol. The molecular formula is C16H17NO3. The second-order valence-corrected chi connectivity index (χ2v) is 4.13. The number of amides is 1. The smallest absolute Gasteiger partial charge is 0.244 e. The molecule has 1 N–H and O–H groups in total. The quantitative estimate of drug-likeness (QED) is 0.822. The number of nitrogens with one attached hydrogen (secondary N) is 1. The van der Waals surface area contributed by atoms with Crippen LogP contribution in [0.25, 0.3) is 6.08 Å². The highest BCUT2D eigenvalue weighted by atomic mass is 16.5. The van der Waals surface area contributed by atoms with Gasteiger partial charge in [-0.05, 0) is 42.8 Å². The Bertz CT molecular complexity index is 556. The molecule has 0 aliphatic carbocycles. The fourth-order valence-corrected chi connectivity index (χ4v) is 1.66. The number of rotatable bonds is 6. The Morgan fingerprint density at radius 3 is 2.75 bits per heavy atom. The van der Waals surface area contributed by atoms with Crippen LogP contribution in [0.4, 0.5) is 0 Å². The molecule has 0 unspecified atom stereocenters. The van der Waals surface area contributed by atoms with Crippen molar-refractivity contribution in [3.05, 3.63) is 60.1 Å². The van der Waals surface area contributed by atoms with E-state index in [1.54, 1.807) is 18.4 Å². The van der Waals surface area contributed by atoms with Crippen LogP contribution in [0, 0.1) is 0 Å². The zero-order valence-corrected chi connectivity index (χ0v) is 11.3. The van der Waals surface area contributed by atoms with E-state index in [1.165, 1.54) is 6.08 Å². The van der Waals surface area contributed by atoms with Gasteiger partial charge in [0, 0.05) is 6.08 Å². The summed E-state index contributed by atoms with van der Waals surface area (Å²) in [4.78, 5) is 11.6. The van der Waals surface area contributed by atoms with Crippen LogP contribution in [-0.2, 0) is 11.3 Å². The van der Waals surface area contributed by atoms with E-state index in [1.807, 2.05) is 37.3 Å². The Hall–Kier alpha value is -2.49. The zero-order valence-electron chi connectivity index (χ0n) is 11.3. The summed E-state index contributed by atoms with van der Waals surface area (Å²) in [7, 11) is 0. The van der Waals surface area contributed by atoms with Crippen molar-refractivity contribution < 1.29 is 13.9 Å². The molecule has 0 atom stereocenters. The third kappa shape index (κ3) is 4.31. The van der Waals surface area contributed by atoms with E-state index >= 15 is 0 Å². The molecule has 0 aliphatic heterocycles. The number of carbonyl (C=O) groups is 1. The average Bonchev–Trinajstić information content (AvgIpc) is 2.98. The van der Waals surface area contributed by atoms with Gasteiger partial charge in [0.15, 0.2) is 0 Å². The van der Waals surface area contributed by atoms with Gasteiger partial charge in [0.25, 0.3) is 0 Å². The van der Waals surface area contributed by atoms with Crippen molar-refractivity contribution in [1.29, 1.82) is 0 Å². The molecule has 0 spiro atoms. The third-order valence-electron chi connectivity index (χ3n) is 2.64. The topological polar surface area (TPSA) is 51.5 Å². The van der Waals surface area contributed by atoms with Gasteiger partial charge in [-0.15, -0.1) is 0 Å². The highest BCUT2D eigenvalue weighted by Gasteiger charge is 1.98. The number of furan rings is 1. The molecule has 20 heavy (non-hydrogen) atoms. The second-order valence-electron chi connectivity index (χ2n) is 4.13. The van der Waals surface area contributed by atoms with Crippen LogP contribution in [0.1, 0.15) is 18.2 Å². The lowest BCUT2D eigenvalue weighted by molar-refractivity contribution is -0.116. The van der Waals surface area contributed by atoms with Gasteiger partial charge in [-0.1, -0.05) is 12.1 Å². The van der Waals surface area contributed by atoms with E-state index in [-0.39, 0.29) is 5.91 Å². The van der Waals surface area contributed by atoms with Crippen LogP contribution in [0.2, 0.25) is 0 Å². The number of benzene rings is 1. The maximum Gasteiger partial charge on any atom is 0.244 e. The largest absolute Gasteiger partial charge is 0.494 e. The fourth-order valence-electron chi connectivity index (χ4n) is 1.66. The van der Waals surface area contributed by atoms with Crippen molar-refractivity contribution in [3.63, 3.8) is 0 Å². The van der Waals surface area contributed by atoms with E-state index in [0.717, 1.165) is 17.1 Å². The lowest BCUT2D eigenvalue weighted by Gasteiger charge is -2.02. The third-order valence-corrected chi connectivity index (χ3v) is 2.64. The van der Waals surface area contributed by atoms with Crippen LogP contribution in [-0.4, -0.2) is 12.5 Å². The van der Waals surface area contributed by atoms with E-state index in [4.69, 9.17) is 9.15 Å². The Kier molecular flexibility index (Phi) is 5.00. The van der Waals surface area contributed by atoms with Crippen LogP contribution in [0.15, 0.2) is 53.2 Å². The van der Waals surface area contributed by atoms with Crippen molar-refractivity contribution in [1.82, 2.24) is 5.32 Å². The van der Waals surface area contributed by atoms with Gasteiger partial charge in [-0.3, -0.25) is 4.79 Å². The number of hydrogen-bond acceptors (Lipinski definition) is 3. The van der Waals surface area contributed by atoms with E-state index in [0.29, 0.717) is 13.2 Å². The molecule has 0 radical (unpaired) electrons. The molecule has 0 bridgehead atoms. The molecule has 4 heteroatoms. The first-order valence-corrected chi connectivity index (χ1v) is 6.49. The van der Waals surface area contributed by atoms with Crippen molar-refractivity contribution >= 4 is 12.0 Å². The zero-order chi connectivity index (χ0) is 14.2. The highest BCUT2D eigenvalue weighted by molar-refractivity contribution is 5.91. The van der Waals surface area contributed by atoms with Gasteiger partial charge in [0.1, 0.15) is 11.5 Å². The predicted molar refractivity (Wildman–Crippen MR) is 77.2 cm³/mol. The fraction of sp³-hybridized carbons (Fsp3) is 0.188. The molecule has 0 fully saturated rings. The summed E-state index contributed by atoms with van der Waals surface area (Å²) >= 11 is 0. The van der Waals surface area contributed by atoms with Gasteiger partial charge >= 0.3 is 0 Å². The molecule has 1 heterocycles. The molecule has 1 amide bonds. The normalized spacial score (nSPS) is 10.7. The Morgan fingerprint density at radius 2 is 2.10 bits per heavy atom. The molecule has 4 nitrogen and oxygen atoms in total. The summed E-state index contributed by atoms with van der Waals surface area (Å²) in [6, 6.07) is 11.2. The lowest BCUT2D eigenvalue weighted by atomic mass is 10.2. The molecule has 2 rings (SSSR count). The lowest BCUT2D eigenvalue weighted by Crippen LogP contribution is -2.19. The summed E-state index contributed by atoms with van der Waals surface area (Å²) in [5.41, 5.74) is 0.946. The minimum absolute atomic E-state index is 0.157. The number of hydrogen-bond donors (Lipinski definition) is 1. The molecule has 0 saturated heterocycles. The standard InChI is InChI=1S/C16H17NO3/c1-2-19-14-8-5-13(6-9-14)7-10-16(18)17-12-15-4-3-11-20-15/h3-11H,2,12H2,1H3,(H,17,18). The SMILES string of the molecule is CCOc1ccc(C=CC(=O)NCc2ccco2)cc1. The molecular weight excluding hydrogens is 254 g/mol. The first-order chi connectivity index (χ1) is 9.78. The Balaban J connectivity index is 1.83. The average molecular weight is 271 g/mol. The van der Waals surface area contributed by atoms with Crippen LogP contribution >= 0.6 is 0 Å². The van der Waals surface area contributed by atoms with E-state index in [9.17, 15) is 4.79 Å². The Morgan fingerprint density at radius 1 is 1.30 bits per heavy atom. The van der Waals surface area contributed by atoms with Gasteiger partial charge in [0.05, 0.1) is 19.4 Å². The van der Waals surface area contributed by atoms with E-state index in [2.05, 4.69) is 5.32 Å². The highest BCUT2D eigenvalue weighted by Crippen LogP contribution is 2.12. The van der Waals surface area contributed by atoms with Crippen molar-refractivity contribution in [2.75, 3.05) is 6.61 Å². The first kappa shape index (κ1) is 13.9. The molecule has 104 valence electrons. The van der Waals surface area contributed by atoms with Crippen molar-refractivity contribution in [2.24, 2.45) is 0 Å². The summed E-state index contributed by atoms with van der Waals surface area (Å²) in [5, 5.41) is 2.74. The van der Waals surface area contributed by atoms with Gasteiger partial charge < -0.3 is 14.5 Å². The van der Waals surface area contributed by atoms with Crippen LogP contribution < -0.4 is 10.1 Å². The van der Waals surface area contributed by atoms with Gasteiger partial charge in [-0.2, -0.15) is 0 Å². The minimum atomic E-state index is -0.157. The summed E-state index contributed by atoms with van der Waals surface area (Å²) in [6.45, 7) is 2.97. The molecule has 0 aliphatic rings. The number of carbonyl (C=O) groups excluding carboxylic acids is 1. The maximum atomic E-state index is 11.6. The van der Waals surface area contributed by atoms with Crippen molar-refractivity contribution in [3.8, 4) is 5.75 Å². The molecule has 1 aromatic heterocycles. The number of ether oxygens (including phenoxy) is 1. The first-order valence-electron chi connectivity index (χ1n) is 6.49. The summed E-state index contributed by atoms with van der Waals surface area (Å²) in [6.07, 6.45) is 4.84. The van der Waals surface area contributed by atoms with Crippen LogP contribution in [0.5, 0.6) is 5.75 Å². The summed E-state index contributed by atoms with van der Waals surface area (Å²) in [5.74, 6) is 1.40. The second kappa shape index (κ2) is 7.19. The predicted octanol–water partition coefficient (Wildman–Crippen LogP) is 3.01. The van der Waals surface area contributed by atoms with Crippen molar-refractivity contribution in [2.45, 2.75) is 13.5 Å². The molecule has 2 aromatic rings. The van der Waals surface area contributed by atoms with Gasteiger partial charge in [-0.25, -0.2) is 0 Å². The minimum Gasteiger partial charge on any atom is -0.494 e. The van der Waals surface area contributed by atoms with Crippen LogP contribution in [0.3, 0.4) is 0 Å². The van der Waals surface area contributed by atoms with E-state index < -0.39 is 0 Å². The maximum absolute atomic E-state index is 11.6.